The summed E-state index contributed by atoms with van der Waals surface area (Å²) in [4.78, 5) is 0. The van der Waals surface area contributed by atoms with Crippen LogP contribution in [-0.4, -0.2) is 12.0 Å². The first-order valence-electron chi connectivity index (χ1n) is 3.02. The molecule has 1 rings (SSSR count). The van der Waals surface area contributed by atoms with Crippen molar-refractivity contribution < 1.29 is 18.6 Å². The Morgan fingerprint density at radius 3 is 2.75 bits per heavy atom. The molecule has 0 atom stereocenters. The van der Waals surface area contributed by atoms with Crippen molar-refractivity contribution in [1.29, 1.82) is 0 Å². The molecule has 0 radical (unpaired) electrons. The molecule has 0 saturated heterocycles. The summed E-state index contributed by atoms with van der Waals surface area (Å²) in [5.74, 6) is -1.86. The molecule has 1 N–H and O–H groups in total. The highest BCUT2D eigenvalue weighted by atomic mass is 79.9. The Bertz CT molecular complexity index is 291. The third kappa shape index (κ3) is 1.66. The topological polar surface area (TPSA) is 29.5 Å². The molecular weight excluding hydrogens is 234 g/mol. The molecule has 1 aromatic rings. The van der Waals surface area contributed by atoms with E-state index in [9.17, 15) is 8.78 Å². The molecule has 66 valence electrons. The van der Waals surface area contributed by atoms with Gasteiger partial charge in [0, 0.05) is 0 Å². The fourth-order valence-electron chi connectivity index (χ4n) is 0.709. The first-order valence-corrected chi connectivity index (χ1v) is 3.82. The Balaban J connectivity index is 3.14. The third-order valence-electron chi connectivity index (χ3n) is 1.23. The average molecular weight is 239 g/mol. The largest absolute Gasteiger partial charge is 0.505 e. The number of phenols is 1. The standard InChI is InChI=1S/C7H5BrF2O2/c8-4-1-2-5(11)6(10)7(4)12-3-9/h1-2,11H,3H2. The zero-order valence-corrected chi connectivity index (χ0v) is 7.44. The van der Waals surface area contributed by atoms with Crippen LogP contribution in [0, 0.1) is 5.82 Å². The van der Waals surface area contributed by atoms with Crippen molar-refractivity contribution in [3.8, 4) is 11.5 Å². The van der Waals surface area contributed by atoms with Gasteiger partial charge in [-0.05, 0) is 28.1 Å². The summed E-state index contributed by atoms with van der Waals surface area (Å²) < 4.78 is 29.1. The lowest BCUT2D eigenvalue weighted by atomic mass is 10.3. The minimum Gasteiger partial charge on any atom is -0.505 e. The zero-order chi connectivity index (χ0) is 9.14. The molecule has 2 nitrogen and oxygen atoms in total. The predicted molar refractivity (Wildman–Crippen MR) is 42.4 cm³/mol. The second kappa shape index (κ2) is 3.71. The number of hydrogen-bond donors (Lipinski definition) is 1. The predicted octanol–water partition coefficient (Wildman–Crippen LogP) is 2.60. The number of halogens is 3. The molecule has 0 spiro atoms. The molecule has 0 aromatic heterocycles. The van der Waals surface area contributed by atoms with Crippen LogP contribution in [-0.2, 0) is 0 Å². The summed E-state index contributed by atoms with van der Waals surface area (Å²) in [7, 11) is 0. The summed E-state index contributed by atoms with van der Waals surface area (Å²) in [6, 6.07) is 2.51. The van der Waals surface area contributed by atoms with Crippen LogP contribution in [0.2, 0.25) is 0 Å². The number of alkyl halides is 1. The van der Waals surface area contributed by atoms with Crippen LogP contribution < -0.4 is 4.74 Å². The van der Waals surface area contributed by atoms with Gasteiger partial charge in [0.2, 0.25) is 12.7 Å². The van der Waals surface area contributed by atoms with E-state index >= 15 is 0 Å². The van der Waals surface area contributed by atoms with Gasteiger partial charge in [-0.2, -0.15) is 4.39 Å². The van der Waals surface area contributed by atoms with Crippen LogP contribution in [0.15, 0.2) is 16.6 Å². The van der Waals surface area contributed by atoms with Gasteiger partial charge in [-0.25, -0.2) is 4.39 Å². The lowest BCUT2D eigenvalue weighted by Crippen LogP contribution is -1.94. The van der Waals surface area contributed by atoms with E-state index in [4.69, 9.17) is 5.11 Å². The SMILES string of the molecule is Oc1ccc(Br)c(OCF)c1F. The molecule has 0 aliphatic carbocycles. The van der Waals surface area contributed by atoms with Gasteiger partial charge in [0.1, 0.15) is 0 Å². The van der Waals surface area contributed by atoms with Gasteiger partial charge in [-0.15, -0.1) is 0 Å². The summed E-state index contributed by atoms with van der Waals surface area (Å²) in [5.41, 5.74) is 0. The number of rotatable bonds is 2. The van der Waals surface area contributed by atoms with Crippen LogP contribution in [0.3, 0.4) is 0 Å². The normalized spacial score (nSPS) is 9.92. The molecule has 0 fully saturated rings. The second-order valence-electron chi connectivity index (χ2n) is 1.96. The highest BCUT2D eigenvalue weighted by molar-refractivity contribution is 9.10. The Morgan fingerprint density at radius 2 is 2.17 bits per heavy atom. The van der Waals surface area contributed by atoms with E-state index in [-0.39, 0.29) is 10.2 Å². The van der Waals surface area contributed by atoms with Crippen LogP contribution in [0.5, 0.6) is 11.5 Å². The number of ether oxygens (including phenoxy) is 1. The van der Waals surface area contributed by atoms with E-state index in [0.29, 0.717) is 0 Å². The van der Waals surface area contributed by atoms with E-state index < -0.39 is 18.4 Å². The second-order valence-corrected chi connectivity index (χ2v) is 2.82. The molecule has 12 heavy (non-hydrogen) atoms. The molecule has 0 heterocycles. The highest BCUT2D eigenvalue weighted by Gasteiger charge is 2.12. The van der Waals surface area contributed by atoms with Crippen molar-refractivity contribution in [3.63, 3.8) is 0 Å². The lowest BCUT2D eigenvalue weighted by Gasteiger charge is -2.05. The maximum absolute atomic E-state index is 12.9. The van der Waals surface area contributed by atoms with Crippen molar-refractivity contribution in [2.45, 2.75) is 0 Å². The van der Waals surface area contributed by atoms with Crippen LogP contribution in [0.1, 0.15) is 0 Å². The van der Waals surface area contributed by atoms with Gasteiger partial charge in [-0.3, -0.25) is 0 Å². The van der Waals surface area contributed by atoms with E-state index in [1.165, 1.54) is 6.07 Å². The number of benzene rings is 1. The Kier molecular flexibility index (Phi) is 2.86. The Labute approximate surface area is 75.9 Å². The summed E-state index contributed by atoms with van der Waals surface area (Å²) in [5, 5.41) is 8.85. The number of hydrogen-bond acceptors (Lipinski definition) is 2. The lowest BCUT2D eigenvalue weighted by molar-refractivity contribution is 0.181. The monoisotopic (exact) mass is 238 g/mol. The average Bonchev–Trinajstić information content (AvgIpc) is 2.06. The minimum absolute atomic E-state index is 0.260. The molecule has 0 saturated carbocycles. The smallest absolute Gasteiger partial charge is 0.228 e. The van der Waals surface area contributed by atoms with Crippen molar-refractivity contribution in [2.24, 2.45) is 0 Å². The van der Waals surface area contributed by atoms with Gasteiger partial charge in [0.25, 0.3) is 0 Å². The summed E-state index contributed by atoms with van der Waals surface area (Å²) in [6.45, 7) is -1.14. The third-order valence-corrected chi connectivity index (χ3v) is 1.85. The Hall–Kier alpha value is -0.840. The summed E-state index contributed by atoms with van der Waals surface area (Å²) in [6.07, 6.45) is 0. The highest BCUT2D eigenvalue weighted by Crippen LogP contribution is 2.33. The fraction of sp³-hybridized carbons (Fsp3) is 0.143. The van der Waals surface area contributed by atoms with Crippen LogP contribution in [0.25, 0.3) is 0 Å². The van der Waals surface area contributed by atoms with E-state index in [2.05, 4.69) is 20.7 Å². The number of phenolic OH excluding ortho intramolecular Hbond substituents is 1. The van der Waals surface area contributed by atoms with Crippen molar-refractivity contribution >= 4 is 15.9 Å². The molecule has 5 heteroatoms. The van der Waals surface area contributed by atoms with E-state index in [1.807, 2.05) is 0 Å². The Morgan fingerprint density at radius 1 is 1.50 bits per heavy atom. The maximum atomic E-state index is 12.9. The molecule has 1 aromatic carbocycles. The van der Waals surface area contributed by atoms with Crippen molar-refractivity contribution in [3.05, 3.63) is 22.4 Å². The van der Waals surface area contributed by atoms with Gasteiger partial charge < -0.3 is 9.84 Å². The van der Waals surface area contributed by atoms with Crippen molar-refractivity contribution in [2.75, 3.05) is 6.86 Å². The van der Waals surface area contributed by atoms with Gasteiger partial charge in [0.05, 0.1) is 4.47 Å². The fourth-order valence-corrected chi connectivity index (χ4v) is 1.13. The first-order chi connectivity index (χ1) is 5.66. The quantitative estimate of drug-likeness (QED) is 0.859. The first kappa shape index (κ1) is 9.25. The van der Waals surface area contributed by atoms with Gasteiger partial charge in [0.15, 0.2) is 11.5 Å². The number of aromatic hydroxyl groups is 1. The van der Waals surface area contributed by atoms with E-state index in [0.717, 1.165) is 6.07 Å². The molecule has 0 aliphatic heterocycles. The van der Waals surface area contributed by atoms with Crippen molar-refractivity contribution in [1.82, 2.24) is 0 Å². The van der Waals surface area contributed by atoms with Crippen LogP contribution in [0.4, 0.5) is 8.78 Å². The molecular formula is C7H5BrF2O2. The maximum Gasteiger partial charge on any atom is 0.228 e. The molecule has 0 amide bonds. The minimum atomic E-state index is -1.14. The van der Waals surface area contributed by atoms with Crippen LogP contribution >= 0.6 is 15.9 Å². The molecule has 0 aliphatic rings. The van der Waals surface area contributed by atoms with E-state index in [1.54, 1.807) is 0 Å². The molecule has 0 bridgehead atoms. The molecule has 0 unspecified atom stereocenters. The summed E-state index contributed by atoms with van der Waals surface area (Å²) >= 11 is 2.94. The van der Waals surface area contributed by atoms with Gasteiger partial charge in [-0.1, -0.05) is 0 Å². The zero-order valence-electron chi connectivity index (χ0n) is 5.85. The van der Waals surface area contributed by atoms with Gasteiger partial charge >= 0.3 is 0 Å².